The minimum Gasteiger partial charge on any atom is -0.467 e. The molecule has 0 unspecified atom stereocenters. The minimum absolute atomic E-state index is 0.435. The largest absolute Gasteiger partial charge is 0.467 e. The summed E-state index contributed by atoms with van der Waals surface area (Å²) in [5.41, 5.74) is -0.613. The van der Waals surface area contributed by atoms with Crippen molar-refractivity contribution in [3.05, 3.63) is 96.5 Å². The first kappa shape index (κ1) is 18.9. The average molecular weight is 376 g/mol. The molecule has 0 spiro atoms. The van der Waals surface area contributed by atoms with Crippen molar-refractivity contribution in [1.82, 2.24) is 5.09 Å². The summed E-state index contributed by atoms with van der Waals surface area (Å²) in [6.07, 6.45) is 3.27. The molecule has 0 radical (unpaired) electrons. The highest BCUT2D eigenvalue weighted by Gasteiger charge is 2.42. The van der Waals surface area contributed by atoms with E-state index in [4.69, 9.17) is 4.42 Å². The molecule has 3 rings (SSSR count). The van der Waals surface area contributed by atoms with Gasteiger partial charge in [0.2, 0.25) is 7.29 Å². The van der Waals surface area contributed by atoms with Gasteiger partial charge in [-0.1, -0.05) is 42.5 Å². The monoisotopic (exact) mass is 376 g/mol. The van der Waals surface area contributed by atoms with Gasteiger partial charge in [0.15, 0.2) is 0 Å². The zero-order chi connectivity index (χ0) is 19.3. The van der Waals surface area contributed by atoms with E-state index in [0.29, 0.717) is 21.9 Å². The Morgan fingerprint density at radius 1 is 1.04 bits per heavy atom. The highest BCUT2D eigenvalue weighted by atomic mass is 31.2. The van der Waals surface area contributed by atoms with Gasteiger partial charge in [0.1, 0.15) is 11.3 Å². The number of furan rings is 1. The number of nitrogens with zero attached hydrogens (tertiary/aromatic N) is 1. The van der Waals surface area contributed by atoms with Crippen LogP contribution in [0.25, 0.3) is 0 Å². The summed E-state index contributed by atoms with van der Waals surface area (Å²) >= 11 is 0. The lowest BCUT2D eigenvalue weighted by atomic mass is 9.91. The van der Waals surface area contributed by atoms with Crippen molar-refractivity contribution >= 4 is 17.9 Å². The molecule has 0 aliphatic heterocycles. The molecule has 4 nitrogen and oxygen atoms in total. The van der Waals surface area contributed by atoms with Crippen molar-refractivity contribution in [2.24, 2.45) is 0 Å². The summed E-state index contributed by atoms with van der Waals surface area (Å²) in [4.78, 5) is 0. The molecule has 0 aliphatic carbocycles. The molecule has 3 aromatic rings. The van der Waals surface area contributed by atoms with Crippen molar-refractivity contribution in [1.29, 1.82) is 5.26 Å². The molecule has 0 aliphatic rings. The van der Waals surface area contributed by atoms with Gasteiger partial charge < -0.3 is 4.42 Å². The first-order valence-corrected chi connectivity index (χ1v) is 10.4. The Hall–Kier alpha value is -2.86. The van der Waals surface area contributed by atoms with Crippen molar-refractivity contribution < 1.29 is 8.98 Å². The van der Waals surface area contributed by atoms with Gasteiger partial charge in [-0.3, -0.25) is 4.57 Å². The standard InChI is InChI=1S/C22H21N2O2P/c1-3-18(17-23)22(2,21-15-10-16-26-21)24-27(25,19-11-6-4-7-12-19)20-13-8-5-9-14-20/h3-16H,1-2H3,(H,24,25)/b18-3+/t22-/m0/s1. The van der Waals surface area contributed by atoms with Crippen LogP contribution in [0.1, 0.15) is 19.6 Å². The Morgan fingerprint density at radius 2 is 1.59 bits per heavy atom. The van der Waals surface area contributed by atoms with Crippen molar-refractivity contribution in [3.8, 4) is 6.07 Å². The van der Waals surface area contributed by atoms with E-state index in [1.54, 1.807) is 31.4 Å². The maximum Gasteiger partial charge on any atom is 0.205 e. The molecule has 1 N–H and O–H groups in total. The Labute approximate surface area is 159 Å². The van der Waals surface area contributed by atoms with Crippen LogP contribution < -0.4 is 15.7 Å². The van der Waals surface area contributed by atoms with E-state index in [0.717, 1.165) is 0 Å². The number of hydrogen-bond acceptors (Lipinski definition) is 3. The van der Waals surface area contributed by atoms with Crippen LogP contribution in [0.4, 0.5) is 0 Å². The summed E-state index contributed by atoms with van der Waals surface area (Å²) in [7, 11) is -3.27. The number of nitrogens with one attached hydrogen (secondary N) is 1. The molecule has 1 aromatic heterocycles. The Balaban J connectivity index is 2.22. The second-order valence-corrected chi connectivity index (χ2v) is 8.78. The third-order valence-corrected chi connectivity index (χ3v) is 7.40. The maximum absolute atomic E-state index is 14.4. The van der Waals surface area contributed by atoms with E-state index in [1.165, 1.54) is 0 Å². The SMILES string of the molecule is C/C=C(\C#N)[C@](C)(NP(=O)(c1ccccc1)c1ccccc1)c1ccco1. The lowest BCUT2D eigenvalue weighted by Crippen LogP contribution is -2.43. The van der Waals surface area contributed by atoms with Gasteiger partial charge in [0.25, 0.3) is 0 Å². The number of rotatable bonds is 6. The predicted octanol–water partition coefficient (Wildman–Crippen LogP) is 4.48. The molecule has 27 heavy (non-hydrogen) atoms. The van der Waals surface area contributed by atoms with Crippen LogP contribution in [-0.2, 0) is 10.1 Å². The molecule has 1 heterocycles. The van der Waals surface area contributed by atoms with Gasteiger partial charge in [0, 0.05) is 10.6 Å². The summed E-state index contributed by atoms with van der Waals surface area (Å²) in [6, 6.07) is 24.3. The van der Waals surface area contributed by atoms with Crippen molar-refractivity contribution in [2.75, 3.05) is 0 Å². The van der Waals surface area contributed by atoms with E-state index >= 15 is 0 Å². The van der Waals surface area contributed by atoms with Crippen LogP contribution in [0, 0.1) is 11.3 Å². The first-order valence-electron chi connectivity index (χ1n) is 8.66. The van der Waals surface area contributed by atoms with Gasteiger partial charge in [0.05, 0.1) is 17.9 Å². The fourth-order valence-electron chi connectivity index (χ4n) is 3.15. The van der Waals surface area contributed by atoms with Gasteiger partial charge in [-0.25, -0.2) is 5.09 Å². The number of benzene rings is 2. The molecular weight excluding hydrogens is 355 g/mol. The van der Waals surface area contributed by atoms with E-state index in [-0.39, 0.29) is 0 Å². The van der Waals surface area contributed by atoms with E-state index < -0.39 is 12.8 Å². The molecule has 136 valence electrons. The van der Waals surface area contributed by atoms with E-state index in [2.05, 4.69) is 11.2 Å². The smallest absolute Gasteiger partial charge is 0.205 e. The lowest BCUT2D eigenvalue weighted by Gasteiger charge is -2.33. The third kappa shape index (κ3) is 3.53. The zero-order valence-electron chi connectivity index (χ0n) is 15.3. The molecule has 0 saturated carbocycles. The summed E-state index contributed by atoms with van der Waals surface area (Å²) in [6.45, 7) is 3.61. The number of nitriles is 1. The Morgan fingerprint density at radius 3 is 2.00 bits per heavy atom. The van der Waals surface area contributed by atoms with Gasteiger partial charge in [-0.15, -0.1) is 0 Å². The van der Waals surface area contributed by atoms with Gasteiger partial charge in [-0.2, -0.15) is 5.26 Å². The van der Waals surface area contributed by atoms with E-state index in [1.807, 2.05) is 67.6 Å². The minimum atomic E-state index is -3.27. The molecule has 0 bridgehead atoms. The average Bonchev–Trinajstić information content (AvgIpc) is 3.26. The summed E-state index contributed by atoms with van der Waals surface area (Å²) < 4.78 is 20.0. The van der Waals surface area contributed by atoms with Crippen LogP contribution in [0.2, 0.25) is 0 Å². The van der Waals surface area contributed by atoms with Crippen molar-refractivity contribution in [2.45, 2.75) is 19.4 Å². The predicted molar refractivity (Wildman–Crippen MR) is 108 cm³/mol. The quantitative estimate of drug-likeness (QED) is 0.509. The second kappa shape index (κ2) is 7.80. The molecule has 0 amide bonds. The normalized spacial score (nSPS) is 14.3. The number of hydrogen-bond donors (Lipinski definition) is 1. The van der Waals surface area contributed by atoms with Crippen LogP contribution in [0.15, 0.2) is 95.1 Å². The molecule has 1 atom stereocenters. The zero-order valence-corrected chi connectivity index (χ0v) is 16.2. The molecule has 0 fully saturated rings. The fraction of sp³-hybridized carbons (Fsp3) is 0.136. The highest BCUT2D eigenvalue weighted by Crippen LogP contribution is 2.45. The highest BCUT2D eigenvalue weighted by molar-refractivity contribution is 7.77. The van der Waals surface area contributed by atoms with Gasteiger partial charge in [-0.05, 0) is 50.2 Å². The van der Waals surface area contributed by atoms with Crippen LogP contribution >= 0.6 is 7.29 Å². The summed E-state index contributed by atoms with van der Waals surface area (Å²) in [5.74, 6) is 0.532. The van der Waals surface area contributed by atoms with Gasteiger partial charge >= 0.3 is 0 Å². The molecule has 5 heteroatoms. The van der Waals surface area contributed by atoms with Crippen molar-refractivity contribution in [3.63, 3.8) is 0 Å². The lowest BCUT2D eigenvalue weighted by molar-refractivity contribution is 0.389. The number of allylic oxidation sites excluding steroid dienone is 1. The second-order valence-electron chi connectivity index (χ2n) is 6.31. The molecular formula is C22H21N2O2P. The molecule has 2 aromatic carbocycles. The van der Waals surface area contributed by atoms with Crippen LogP contribution in [-0.4, -0.2) is 0 Å². The van der Waals surface area contributed by atoms with Crippen LogP contribution in [0.3, 0.4) is 0 Å². The topological polar surface area (TPSA) is 66.0 Å². The van der Waals surface area contributed by atoms with E-state index in [9.17, 15) is 9.83 Å². The maximum atomic E-state index is 14.4. The Kier molecular flexibility index (Phi) is 5.46. The fourth-order valence-corrected chi connectivity index (χ4v) is 5.75. The first-order chi connectivity index (χ1) is 13.0. The Bertz CT molecular complexity index is 962. The van der Waals surface area contributed by atoms with Crippen LogP contribution in [0.5, 0.6) is 0 Å². The molecule has 0 saturated heterocycles. The summed E-state index contributed by atoms with van der Waals surface area (Å²) in [5, 5.41) is 14.4. The third-order valence-electron chi connectivity index (χ3n) is 4.58.